The van der Waals surface area contributed by atoms with Gasteiger partial charge >= 0.3 is 0 Å². The molecule has 0 fully saturated rings. The van der Waals surface area contributed by atoms with Crippen molar-refractivity contribution in [1.29, 1.82) is 0 Å². The van der Waals surface area contributed by atoms with E-state index in [9.17, 15) is 0 Å². The van der Waals surface area contributed by atoms with Gasteiger partial charge in [-0.25, -0.2) is 9.97 Å². The molecule has 0 radical (unpaired) electrons. The van der Waals surface area contributed by atoms with Crippen LogP contribution >= 0.6 is 22.9 Å². The number of nitrogens with zero attached hydrogens (tertiary/aromatic N) is 2. The number of halogens is 1. The first-order valence-electron chi connectivity index (χ1n) is 6.82. The third kappa shape index (κ3) is 5.15. The number of nitrogens with one attached hydrogen (secondary N) is 2. The third-order valence-corrected chi connectivity index (χ3v) is 4.06. The molecule has 2 N–H and O–H groups in total. The summed E-state index contributed by atoms with van der Waals surface area (Å²) in [6.07, 6.45) is 0.914. The molecule has 0 bridgehead atoms. The van der Waals surface area contributed by atoms with Gasteiger partial charge in [0, 0.05) is 31.1 Å². The van der Waals surface area contributed by atoms with Crippen LogP contribution in [-0.2, 0) is 17.8 Å². The highest BCUT2D eigenvalue weighted by molar-refractivity contribution is 7.16. The van der Waals surface area contributed by atoms with Crippen molar-refractivity contribution in [3.63, 3.8) is 0 Å². The van der Waals surface area contributed by atoms with Gasteiger partial charge in [-0.1, -0.05) is 11.6 Å². The molecule has 0 spiro atoms. The van der Waals surface area contributed by atoms with Crippen LogP contribution in [0.2, 0.25) is 4.34 Å². The van der Waals surface area contributed by atoms with E-state index < -0.39 is 0 Å². The first kappa shape index (κ1) is 16.0. The second-order valence-corrected chi connectivity index (χ2v) is 6.12. The van der Waals surface area contributed by atoms with Crippen molar-refractivity contribution in [3.8, 4) is 0 Å². The summed E-state index contributed by atoms with van der Waals surface area (Å²) in [5.74, 6) is 2.25. The normalized spacial score (nSPS) is 10.6. The topological polar surface area (TPSA) is 59.1 Å². The lowest BCUT2D eigenvalue weighted by Crippen LogP contribution is -2.09. The number of hydrogen-bond donors (Lipinski definition) is 2. The maximum absolute atomic E-state index is 5.92. The Morgan fingerprint density at radius 1 is 1.29 bits per heavy atom. The summed E-state index contributed by atoms with van der Waals surface area (Å²) in [5, 5.41) is 6.34. The van der Waals surface area contributed by atoms with Crippen LogP contribution in [0.1, 0.15) is 17.6 Å². The number of anilines is 2. The van der Waals surface area contributed by atoms with E-state index in [2.05, 4.69) is 20.6 Å². The zero-order chi connectivity index (χ0) is 15.1. The molecule has 2 aromatic rings. The SMILES string of the molecule is CCOCc1nc(NC)cc(NCCc2ccc(Cl)s2)n1. The second-order valence-electron chi connectivity index (χ2n) is 4.32. The van der Waals surface area contributed by atoms with Crippen LogP contribution < -0.4 is 10.6 Å². The molecule has 0 amide bonds. The molecular weight excluding hydrogens is 308 g/mol. The number of thiophene rings is 1. The molecule has 0 saturated heterocycles. The van der Waals surface area contributed by atoms with Gasteiger partial charge in [-0.3, -0.25) is 0 Å². The van der Waals surface area contributed by atoms with Gasteiger partial charge in [-0.2, -0.15) is 0 Å². The van der Waals surface area contributed by atoms with E-state index in [1.54, 1.807) is 11.3 Å². The van der Waals surface area contributed by atoms with Gasteiger partial charge in [0.05, 0.1) is 4.34 Å². The van der Waals surface area contributed by atoms with Gasteiger partial charge < -0.3 is 15.4 Å². The molecule has 0 aliphatic carbocycles. The van der Waals surface area contributed by atoms with Crippen LogP contribution in [0, 0.1) is 0 Å². The van der Waals surface area contributed by atoms with Crippen molar-refractivity contribution < 1.29 is 4.74 Å². The molecule has 5 nitrogen and oxygen atoms in total. The van der Waals surface area contributed by atoms with Crippen LogP contribution in [0.3, 0.4) is 0 Å². The van der Waals surface area contributed by atoms with Gasteiger partial charge in [-0.05, 0) is 25.5 Å². The van der Waals surface area contributed by atoms with E-state index in [1.807, 2.05) is 32.2 Å². The Balaban J connectivity index is 1.94. The lowest BCUT2D eigenvalue weighted by Gasteiger charge is -2.09. The maximum Gasteiger partial charge on any atom is 0.158 e. The molecule has 0 atom stereocenters. The van der Waals surface area contributed by atoms with E-state index in [-0.39, 0.29) is 0 Å². The molecule has 2 heterocycles. The Morgan fingerprint density at radius 3 is 2.76 bits per heavy atom. The zero-order valence-corrected chi connectivity index (χ0v) is 13.7. The summed E-state index contributed by atoms with van der Waals surface area (Å²) in [7, 11) is 1.84. The van der Waals surface area contributed by atoms with Gasteiger partial charge in [-0.15, -0.1) is 11.3 Å². The Morgan fingerprint density at radius 2 is 2.10 bits per heavy atom. The van der Waals surface area contributed by atoms with Crippen LogP contribution in [0.4, 0.5) is 11.6 Å². The van der Waals surface area contributed by atoms with E-state index >= 15 is 0 Å². The molecular formula is C14H19ClN4OS. The minimum absolute atomic E-state index is 0.418. The van der Waals surface area contributed by atoms with Crippen molar-refractivity contribution >= 4 is 34.6 Å². The van der Waals surface area contributed by atoms with E-state index in [1.165, 1.54) is 4.88 Å². The minimum atomic E-state index is 0.418. The highest BCUT2D eigenvalue weighted by Gasteiger charge is 2.04. The predicted molar refractivity (Wildman–Crippen MR) is 88.4 cm³/mol. The molecule has 0 aromatic carbocycles. The summed E-state index contributed by atoms with van der Waals surface area (Å²) >= 11 is 7.53. The van der Waals surface area contributed by atoms with Crippen LogP contribution in [0.15, 0.2) is 18.2 Å². The van der Waals surface area contributed by atoms with E-state index in [0.29, 0.717) is 19.0 Å². The lowest BCUT2D eigenvalue weighted by atomic mass is 10.3. The minimum Gasteiger partial charge on any atom is -0.374 e. The summed E-state index contributed by atoms with van der Waals surface area (Å²) < 4.78 is 6.18. The van der Waals surface area contributed by atoms with Crippen molar-refractivity contribution in [1.82, 2.24) is 9.97 Å². The molecule has 2 rings (SSSR count). The highest BCUT2D eigenvalue weighted by Crippen LogP contribution is 2.21. The fourth-order valence-electron chi connectivity index (χ4n) is 1.77. The zero-order valence-electron chi connectivity index (χ0n) is 12.1. The highest BCUT2D eigenvalue weighted by atomic mass is 35.5. The lowest BCUT2D eigenvalue weighted by molar-refractivity contribution is 0.128. The van der Waals surface area contributed by atoms with Gasteiger partial charge in [0.1, 0.15) is 18.2 Å². The molecule has 2 aromatic heterocycles. The van der Waals surface area contributed by atoms with Crippen molar-refractivity contribution in [2.45, 2.75) is 20.0 Å². The number of rotatable bonds is 8. The number of aromatic nitrogens is 2. The maximum atomic E-state index is 5.92. The predicted octanol–water partition coefficient (Wildman–Crippen LogP) is 3.42. The first-order valence-corrected chi connectivity index (χ1v) is 8.02. The van der Waals surface area contributed by atoms with Crippen molar-refractivity contribution in [2.75, 3.05) is 30.8 Å². The van der Waals surface area contributed by atoms with Crippen LogP contribution in [-0.4, -0.2) is 30.2 Å². The summed E-state index contributed by atoms with van der Waals surface area (Å²) in [6, 6.07) is 5.86. The summed E-state index contributed by atoms with van der Waals surface area (Å²) in [5.41, 5.74) is 0. The Kier molecular flexibility index (Phi) is 6.22. The Hall–Kier alpha value is -1.37. The first-order chi connectivity index (χ1) is 10.2. The summed E-state index contributed by atoms with van der Waals surface area (Å²) in [6.45, 7) is 3.81. The number of ether oxygens (including phenoxy) is 1. The van der Waals surface area contributed by atoms with Crippen molar-refractivity contribution in [2.24, 2.45) is 0 Å². The standard InChI is InChI=1S/C14H19ClN4OS/c1-3-20-9-14-18-12(16-2)8-13(19-14)17-7-6-10-4-5-11(15)21-10/h4-5,8H,3,6-7,9H2,1-2H3,(H2,16,17,18,19). The molecule has 0 aliphatic rings. The fourth-order valence-corrected chi connectivity index (χ4v) is 2.86. The van der Waals surface area contributed by atoms with Crippen LogP contribution in [0.5, 0.6) is 0 Å². The third-order valence-electron chi connectivity index (χ3n) is 2.77. The average Bonchev–Trinajstić information content (AvgIpc) is 2.90. The monoisotopic (exact) mass is 326 g/mol. The van der Waals surface area contributed by atoms with E-state index in [0.717, 1.165) is 28.9 Å². The molecule has 114 valence electrons. The van der Waals surface area contributed by atoms with Crippen molar-refractivity contribution in [3.05, 3.63) is 33.2 Å². The smallest absolute Gasteiger partial charge is 0.158 e. The Labute approximate surface area is 133 Å². The van der Waals surface area contributed by atoms with Gasteiger partial charge in [0.2, 0.25) is 0 Å². The second kappa shape index (κ2) is 8.17. The molecule has 21 heavy (non-hydrogen) atoms. The summed E-state index contributed by atoms with van der Waals surface area (Å²) in [4.78, 5) is 10.1. The molecule has 0 unspecified atom stereocenters. The number of hydrogen-bond acceptors (Lipinski definition) is 6. The van der Waals surface area contributed by atoms with Gasteiger partial charge in [0.15, 0.2) is 5.82 Å². The van der Waals surface area contributed by atoms with Crippen LogP contribution in [0.25, 0.3) is 0 Å². The Bertz CT molecular complexity index is 576. The quantitative estimate of drug-likeness (QED) is 0.778. The molecule has 7 heteroatoms. The average molecular weight is 327 g/mol. The fraction of sp³-hybridized carbons (Fsp3) is 0.429. The molecule has 0 saturated carbocycles. The largest absolute Gasteiger partial charge is 0.374 e. The van der Waals surface area contributed by atoms with E-state index in [4.69, 9.17) is 16.3 Å². The van der Waals surface area contributed by atoms with Gasteiger partial charge in [0.25, 0.3) is 0 Å². The molecule has 0 aliphatic heterocycles.